The SMILES string of the molecule is CCOC(=O)/C=c1/o/c(=C(\CC(C)C)c2cccs2)c2ccccc12. The molecule has 0 N–H and O–H groups in total. The lowest BCUT2D eigenvalue weighted by Crippen LogP contribution is -2.10. The summed E-state index contributed by atoms with van der Waals surface area (Å²) in [6, 6.07) is 12.2. The van der Waals surface area contributed by atoms with Gasteiger partial charge in [-0.2, -0.15) is 0 Å². The molecule has 4 heteroatoms. The second-order valence-electron chi connectivity index (χ2n) is 6.29. The predicted molar refractivity (Wildman–Crippen MR) is 103 cm³/mol. The topological polar surface area (TPSA) is 39.4 Å². The van der Waals surface area contributed by atoms with E-state index in [1.807, 2.05) is 24.3 Å². The average molecular weight is 354 g/mol. The molecule has 0 amide bonds. The van der Waals surface area contributed by atoms with E-state index in [1.54, 1.807) is 18.3 Å². The lowest BCUT2D eigenvalue weighted by Gasteiger charge is -2.07. The van der Waals surface area contributed by atoms with Crippen molar-refractivity contribution in [1.82, 2.24) is 0 Å². The third-order valence-electron chi connectivity index (χ3n) is 3.89. The van der Waals surface area contributed by atoms with E-state index in [0.717, 1.165) is 22.6 Å². The van der Waals surface area contributed by atoms with E-state index in [-0.39, 0.29) is 5.97 Å². The predicted octanol–water partition coefficient (Wildman–Crippen LogP) is 4.08. The molecule has 2 aromatic heterocycles. The van der Waals surface area contributed by atoms with Crippen molar-refractivity contribution in [2.45, 2.75) is 27.2 Å². The average Bonchev–Trinajstić information content (AvgIpc) is 3.22. The summed E-state index contributed by atoms with van der Waals surface area (Å²) < 4.78 is 11.2. The lowest BCUT2D eigenvalue weighted by atomic mass is 10.0. The van der Waals surface area contributed by atoms with Crippen LogP contribution >= 0.6 is 11.3 Å². The van der Waals surface area contributed by atoms with E-state index >= 15 is 0 Å². The van der Waals surface area contributed by atoms with E-state index in [0.29, 0.717) is 17.9 Å². The second kappa shape index (κ2) is 7.70. The molecule has 3 aromatic rings. The minimum Gasteiger partial charge on any atom is -0.463 e. The van der Waals surface area contributed by atoms with Crippen LogP contribution < -0.4 is 10.8 Å². The maximum absolute atomic E-state index is 11.9. The van der Waals surface area contributed by atoms with Gasteiger partial charge in [0.25, 0.3) is 0 Å². The van der Waals surface area contributed by atoms with Crippen LogP contribution in [0.25, 0.3) is 22.4 Å². The van der Waals surface area contributed by atoms with Gasteiger partial charge in [0.15, 0.2) is 0 Å². The Morgan fingerprint density at radius 3 is 2.60 bits per heavy atom. The van der Waals surface area contributed by atoms with Crippen molar-refractivity contribution in [3.05, 3.63) is 57.5 Å². The number of thiophene rings is 1. The summed E-state index contributed by atoms with van der Waals surface area (Å²) >= 11 is 1.71. The molecule has 0 spiro atoms. The third kappa shape index (κ3) is 3.85. The van der Waals surface area contributed by atoms with Crippen LogP contribution in [-0.4, -0.2) is 12.6 Å². The zero-order valence-corrected chi connectivity index (χ0v) is 15.6. The molecule has 0 saturated heterocycles. The van der Waals surface area contributed by atoms with E-state index in [2.05, 4.69) is 31.4 Å². The Labute approximate surface area is 151 Å². The molecule has 0 saturated carbocycles. The zero-order valence-electron chi connectivity index (χ0n) is 14.7. The van der Waals surface area contributed by atoms with E-state index in [1.165, 1.54) is 16.5 Å². The van der Waals surface area contributed by atoms with Gasteiger partial charge in [-0.25, -0.2) is 4.79 Å². The van der Waals surface area contributed by atoms with Crippen LogP contribution in [0.3, 0.4) is 0 Å². The fourth-order valence-corrected chi connectivity index (χ4v) is 3.68. The molecule has 0 radical (unpaired) electrons. The Morgan fingerprint density at radius 1 is 1.20 bits per heavy atom. The Morgan fingerprint density at radius 2 is 1.96 bits per heavy atom. The molecule has 3 nitrogen and oxygen atoms in total. The van der Waals surface area contributed by atoms with Crippen LogP contribution in [0.15, 0.2) is 46.2 Å². The quantitative estimate of drug-likeness (QED) is 0.648. The third-order valence-corrected chi connectivity index (χ3v) is 4.82. The number of ether oxygens (including phenoxy) is 1. The first-order valence-electron chi connectivity index (χ1n) is 8.53. The first-order valence-corrected chi connectivity index (χ1v) is 9.41. The van der Waals surface area contributed by atoms with E-state index < -0.39 is 0 Å². The molecule has 0 aliphatic carbocycles. The highest BCUT2D eigenvalue weighted by Gasteiger charge is 2.13. The highest BCUT2D eigenvalue weighted by atomic mass is 32.1. The normalized spacial score (nSPS) is 13.5. The minimum absolute atomic E-state index is 0.348. The van der Waals surface area contributed by atoms with Crippen molar-refractivity contribution < 1.29 is 13.9 Å². The Bertz CT molecular complexity index is 978. The van der Waals surface area contributed by atoms with Gasteiger partial charge in [0.05, 0.1) is 12.7 Å². The van der Waals surface area contributed by atoms with E-state index in [9.17, 15) is 4.79 Å². The summed E-state index contributed by atoms with van der Waals surface area (Å²) in [5.74, 6) is 0.119. The maximum atomic E-state index is 11.9. The standard InChI is InChI=1S/C21H22O3S/c1-4-23-20(22)13-18-15-8-5-6-9-16(15)21(24-18)17(12-14(2)3)19-10-7-11-25-19/h5-11,13-14H,4,12H2,1-3H3/b18-13+,21-17+. The fraction of sp³-hybridized carbons (Fsp3) is 0.286. The van der Waals surface area contributed by atoms with Crippen molar-refractivity contribution in [2.75, 3.05) is 6.61 Å². The van der Waals surface area contributed by atoms with Crippen molar-refractivity contribution in [2.24, 2.45) is 5.92 Å². The largest absolute Gasteiger partial charge is 0.463 e. The van der Waals surface area contributed by atoms with Gasteiger partial charge in [-0.15, -0.1) is 11.3 Å². The minimum atomic E-state index is -0.380. The Kier molecular flexibility index (Phi) is 5.39. The summed E-state index contributed by atoms with van der Waals surface area (Å²) in [5.41, 5.74) is 2.59. The number of esters is 1. The van der Waals surface area contributed by atoms with Crippen LogP contribution in [0.5, 0.6) is 0 Å². The number of furan rings is 1. The smallest absolute Gasteiger partial charge is 0.334 e. The van der Waals surface area contributed by atoms with Gasteiger partial charge in [-0.3, -0.25) is 0 Å². The molecule has 25 heavy (non-hydrogen) atoms. The highest BCUT2D eigenvalue weighted by Crippen LogP contribution is 2.25. The molecule has 2 heterocycles. The van der Waals surface area contributed by atoms with Crippen LogP contribution in [-0.2, 0) is 9.53 Å². The summed E-state index contributed by atoms with van der Waals surface area (Å²) in [6.07, 6.45) is 2.35. The molecule has 3 rings (SSSR count). The van der Waals surface area contributed by atoms with Crippen LogP contribution in [0.2, 0.25) is 0 Å². The molecule has 0 bridgehead atoms. The van der Waals surface area contributed by atoms with E-state index in [4.69, 9.17) is 9.15 Å². The van der Waals surface area contributed by atoms with Gasteiger partial charge in [0, 0.05) is 21.2 Å². The molecule has 0 aliphatic heterocycles. The van der Waals surface area contributed by atoms with Gasteiger partial charge < -0.3 is 9.15 Å². The van der Waals surface area contributed by atoms with Crippen LogP contribution in [0.1, 0.15) is 32.1 Å². The zero-order chi connectivity index (χ0) is 17.8. The van der Waals surface area contributed by atoms with Crippen molar-refractivity contribution >= 4 is 39.7 Å². The molecule has 130 valence electrons. The van der Waals surface area contributed by atoms with Crippen LogP contribution in [0.4, 0.5) is 0 Å². The number of carbonyl (C=O) groups is 1. The summed E-state index contributed by atoms with van der Waals surface area (Å²) in [7, 11) is 0. The number of rotatable bonds is 5. The number of benzene rings is 1. The monoisotopic (exact) mass is 354 g/mol. The molecular weight excluding hydrogens is 332 g/mol. The fourth-order valence-electron chi connectivity index (χ4n) is 2.90. The van der Waals surface area contributed by atoms with Gasteiger partial charge in [0.2, 0.25) is 0 Å². The van der Waals surface area contributed by atoms with Gasteiger partial charge in [-0.1, -0.05) is 44.2 Å². The van der Waals surface area contributed by atoms with Gasteiger partial charge >= 0.3 is 5.97 Å². The first kappa shape index (κ1) is 17.5. The molecule has 0 aliphatic rings. The van der Waals surface area contributed by atoms with Gasteiger partial charge in [-0.05, 0) is 30.7 Å². The Balaban J connectivity index is 2.33. The van der Waals surface area contributed by atoms with Crippen LogP contribution in [0, 0.1) is 5.92 Å². The van der Waals surface area contributed by atoms with Gasteiger partial charge in [0.1, 0.15) is 10.8 Å². The lowest BCUT2D eigenvalue weighted by molar-refractivity contribution is -0.135. The molecule has 0 fully saturated rings. The van der Waals surface area contributed by atoms with Crippen molar-refractivity contribution in [1.29, 1.82) is 0 Å². The Hall–Kier alpha value is -2.33. The first-order chi connectivity index (χ1) is 12.1. The second-order valence-corrected chi connectivity index (χ2v) is 7.24. The molecule has 1 aromatic carbocycles. The summed E-state index contributed by atoms with van der Waals surface area (Å²) in [4.78, 5) is 13.1. The summed E-state index contributed by atoms with van der Waals surface area (Å²) in [5, 5.41) is 4.04. The van der Waals surface area contributed by atoms with Crippen molar-refractivity contribution in [3.63, 3.8) is 0 Å². The molecule has 0 unspecified atom stereocenters. The van der Waals surface area contributed by atoms with Crippen molar-refractivity contribution in [3.8, 4) is 0 Å². The number of fused-ring (bicyclic) bond motifs is 1. The highest BCUT2D eigenvalue weighted by molar-refractivity contribution is 7.11. The molecular formula is C21H22O3S. The molecule has 0 atom stereocenters. The maximum Gasteiger partial charge on any atom is 0.334 e. The number of hydrogen-bond acceptors (Lipinski definition) is 4. The summed E-state index contributed by atoms with van der Waals surface area (Å²) in [6.45, 7) is 6.54. The number of carbonyl (C=O) groups excluding carboxylic acids is 1. The number of hydrogen-bond donors (Lipinski definition) is 0.